The minimum absolute atomic E-state index is 0.248. The number of H-pyrrole nitrogens is 1. The first-order chi connectivity index (χ1) is 11.1. The first kappa shape index (κ1) is 15.2. The molecule has 1 heterocycles. The lowest BCUT2D eigenvalue weighted by molar-refractivity contribution is 0.0500. The first-order valence-electron chi connectivity index (χ1n) is 7.32. The predicted octanol–water partition coefficient (Wildman–Crippen LogP) is 4.24. The Labute approximate surface area is 131 Å². The number of nitrogens with one attached hydrogen (secondary N) is 1. The van der Waals surface area contributed by atoms with Gasteiger partial charge >= 0.3 is 5.97 Å². The predicted molar refractivity (Wildman–Crippen MR) is 83.3 cm³/mol. The van der Waals surface area contributed by atoms with Gasteiger partial charge in [0.1, 0.15) is 11.6 Å². The van der Waals surface area contributed by atoms with Gasteiger partial charge in [0.15, 0.2) is 0 Å². The van der Waals surface area contributed by atoms with Crippen molar-refractivity contribution < 1.29 is 18.3 Å². The topological polar surface area (TPSA) is 42.1 Å². The molecule has 0 saturated heterocycles. The number of ether oxygens (including phenoxy) is 1. The van der Waals surface area contributed by atoms with Crippen LogP contribution in [0.2, 0.25) is 0 Å². The molecular weight excluding hydrogens is 300 g/mol. The Bertz CT molecular complexity index is 825. The number of carbonyl (C=O) groups is 1. The molecule has 118 valence electrons. The van der Waals surface area contributed by atoms with E-state index in [2.05, 4.69) is 4.98 Å². The van der Waals surface area contributed by atoms with Crippen molar-refractivity contribution in [2.24, 2.45) is 0 Å². The monoisotopic (exact) mass is 315 g/mol. The van der Waals surface area contributed by atoms with E-state index < -0.39 is 11.8 Å². The average Bonchev–Trinajstić information content (AvgIpc) is 2.94. The summed E-state index contributed by atoms with van der Waals surface area (Å²) in [7, 11) is 0. The molecule has 1 aromatic heterocycles. The van der Waals surface area contributed by atoms with Crippen molar-refractivity contribution in [3.63, 3.8) is 0 Å². The Morgan fingerprint density at radius 3 is 2.57 bits per heavy atom. The Morgan fingerprint density at radius 2 is 1.78 bits per heavy atom. The lowest BCUT2D eigenvalue weighted by Gasteiger charge is -2.04. The van der Waals surface area contributed by atoms with Crippen molar-refractivity contribution in [2.45, 2.75) is 12.8 Å². The number of esters is 1. The summed E-state index contributed by atoms with van der Waals surface area (Å²) in [5.74, 6) is -1.15. The van der Waals surface area contributed by atoms with Crippen LogP contribution in [-0.4, -0.2) is 17.6 Å². The normalized spacial score (nSPS) is 10.9. The summed E-state index contributed by atoms with van der Waals surface area (Å²) >= 11 is 0. The van der Waals surface area contributed by atoms with E-state index >= 15 is 0 Å². The highest BCUT2D eigenvalue weighted by molar-refractivity contribution is 5.89. The van der Waals surface area contributed by atoms with Gasteiger partial charge in [-0.25, -0.2) is 13.6 Å². The molecule has 0 atom stereocenters. The zero-order valence-corrected chi connectivity index (χ0v) is 12.3. The number of hydrogen-bond donors (Lipinski definition) is 1. The fourth-order valence-electron chi connectivity index (χ4n) is 2.45. The van der Waals surface area contributed by atoms with Gasteiger partial charge in [-0.2, -0.15) is 0 Å². The second-order valence-electron chi connectivity index (χ2n) is 5.25. The molecule has 23 heavy (non-hydrogen) atoms. The SMILES string of the molecule is O=C(OCCCc1c[nH]c2ccc(F)cc12)c1ccc(F)cc1. The van der Waals surface area contributed by atoms with E-state index in [1.807, 2.05) is 6.20 Å². The van der Waals surface area contributed by atoms with Crippen LogP contribution in [0, 0.1) is 11.6 Å². The highest BCUT2D eigenvalue weighted by Gasteiger charge is 2.08. The summed E-state index contributed by atoms with van der Waals surface area (Å²) in [6.07, 6.45) is 3.13. The molecule has 0 fully saturated rings. The molecule has 0 aliphatic rings. The third kappa shape index (κ3) is 3.56. The van der Waals surface area contributed by atoms with E-state index in [0.717, 1.165) is 16.5 Å². The van der Waals surface area contributed by atoms with Crippen LogP contribution in [0.5, 0.6) is 0 Å². The second kappa shape index (κ2) is 6.60. The standard InChI is InChI=1S/C18H15F2NO2/c19-14-5-3-12(4-6-14)18(22)23-9-1-2-13-11-21-17-8-7-15(20)10-16(13)17/h3-8,10-11,21H,1-2,9H2. The zero-order chi connectivity index (χ0) is 16.2. The van der Waals surface area contributed by atoms with Crippen LogP contribution in [0.1, 0.15) is 22.3 Å². The fourth-order valence-corrected chi connectivity index (χ4v) is 2.45. The summed E-state index contributed by atoms with van der Waals surface area (Å²) in [6, 6.07) is 9.82. The van der Waals surface area contributed by atoms with Gasteiger partial charge in [-0.1, -0.05) is 0 Å². The van der Waals surface area contributed by atoms with E-state index in [4.69, 9.17) is 4.74 Å². The largest absolute Gasteiger partial charge is 0.462 e. The van der Waals surface area contributed by atoms with Crippen LogP contribution < -0.4 is 0 Å². The van der Waals surface area contributed by atoms with Gasteiger partial charge in [-0.3, -0.25) is 0 Å². The summed E-state index contributed by atoms with van der Waals surface area (Å²) in [5, 5.41) is 0.842. The number of fused-ring (bicyclic) bond motifs is 1. The number of aryl methyl sites for hydroxylation is 1. The smallest absolute Gasteiger partial charge is 0.338 e. The summed E-state index contributed by atoms with van der Waals surface area (Å²) in [5.41, 5.74) is 2.18. The highest BCUT2D eigenvalue weighted by atomic mass is 19.1. The molecule has 5 heteroatoms. The van der Waals surface area contributed by atoms with E-state index in [-0.39, 0.29) is 12.4 Å². The van der Waals surface area contributed by atoms with Gasteiger partial charge in [0.25, 0.3) is 0 Å². The third-order valence-corrected chi connectivity index (χ3v) is 3.63. The quantitative estimate of drug-likeness (QED) is 0.565. The highest BCUT2D eigenvalue weighted by Crippen LogP contribution is 2.20. The Balaban J connectivity index is 1.54. The number of rotatable bonds is 5. The molecule has 0 amide bonds. The van der Waals surface area contributed by atoms with E-state index in [0.29, 0.717) is 18.4 Å². The molecular formula is C18H15F2NO2. The lowest BCUT2D eigenvalue weighted by atomic mass is 10.1. The maximum atomic E-state index is 13.3. The molecule has 0 saturated carbocycles. The molecule has 3 aromatic rings. The molecule has 0 unspecified atom stereocenters. The van der Waals surface area contributed by atoms with Crippen LogP contribution in [0.4, 0.5) is 8.78 Å². The zero-order valence-electron chi connectivity index (χ0n) is 12.3. The molecule has 0 radical (unpaired) electrons. The van der Waals surface area contributed by atoms with Crippen molar-refractivity contribution in [1.29, 1.82) is 0 Å². The van der Waals surface area contributed by atoms with Crippen LogP contribution in [-0.2, 0) is 11.2 Å². The maximum Gasteiger partial charge on any atom is 0.338 e. The van der Waals surface area contributed by atoms with Gasteiger partial charge < -0.3 is 9.72 Å². The van der Waals surface area contributed by atoms with Crippen LogP contribution in [0.3, 0.4) is 0 Å². The number of aromatic amines is 1. The fraction of sp³-hybridized carbons (Fsp3) is 0.167. The van der Waals surface area contributed by atoms with Crippen molar-refractivity contribution in [3.05, 3.63) is 71.4 Å². The summed E-state index contributed by atoms with van der Waals surface area (Å²) in [4.78, 5) is 14.9. The maximum absolute atomic E-state index is 13.3. The van der Waals surface area contributed by atoms with Gasteiger partial charge in [-0.05, 0) is 60.9 Å². The van der Waals surface area contributed by atoms with Gasteiger partial charge in [0.05, 0.1) is 12.2 Å². The number of hydrogen-bond acceptors (Lipinski definition) is 2. The van der Waals surface area contributed by atoms with Crippen LogP contribution in [0.25, 0.3) is 10.9 Å². The minimum atomic E-state index is -0.477. The number of halogens is 2. The van der Waals surface area contributed by atoms with E-state index in [1.54, 1.807) is 6.07 Å². The summed E-state index contributed by atoms with van der Waals surface area (Å²) in [6.45, 7) is 0.248. The molecule has 0 aliphatic heterocycles. The van der Waals surface area contributed by atoms with Gasteiger partial charge in [0, 0.05) is 17.1 Å². The molecule has 2 aromatic carbocycles. The first-order valence-corrected chi connectivity index (χ1v) is 7.32. The lowest BCUT2D eigenvalue weighted by Crippen LogP contribution is -2.07. The molecule has 3 rings (SSSR count). The molecule has 0 spiro atoms. The van der Waals surface area contributed by atoms with E-state index in [9.17, 15) is 13.6 Å². The van der Waals surface area contributed by atoms with Crippen molar-refractivity contribution in [1.82, 2.24) is 4.98 Å². The Kier molecular flexibility index (Phi) is 4.37. The van der Waals surface area contributed by atoms with Crippen molar-refractivity contribution in [3.8, 4) is 0 Å². The van der Waals surface area contributed by atoms with Gasteiger partial charge in [0.2, 0.25) is 0 Å². The minimum Gasteiger partial charge on any atom is -0.462 e. The van der Waals surface area contributed by atoms with Crippen LogP contribution in [0.15, 0.2) is 48.7 Å². The molecule has 3 nitrogen and oxygen atoms in total. The molecule has 0 aliphatic carbocycles. The van der Waals surface area contributed by atoms with Crippen molar-refractivity contribution >= 4 is 16.9 Å². The number of carbonyl (C=O) groups excluding carboxylic acids is 1. The second-order valence-corrected chi connectivity index (χ2v) is 5.25. The number of benzene rings is 2. The molecule has 0 bridgehead atoms. The van der Waals surface area contributed by atoms with Crippen LogP contribution >= 0.6 is 0 Å². The van der Waals surface area contributed by atoms with Crippen molar-refractivity contribution in [2.75, 3.05) is 6.61 Å². The Hall–Kier alpha value is -2.69. The molecule has 1 N–H and O–H groups in total. The average molecular weight is 315 g/mol. The number of aromatic nitrogens is 1. The van der Waals surface area contributed by atoms with E-state index in [1.165, 1.54) is 36.4 Å². The summed E-state index contributed by atoms with van der Waals surface area (Å²) < 4.78 is 31.2. The van der Waals surface area contributed by atoms with Gasteiger partial charge in [-0.15, -0.1) is 0 Å². The third-order valence-electron chi connectivity index (χ3n) is 3.63. The Morgan fingerprint density at radius 1 is 1.04 bits per heavy atom.